The number of hydrogen-bond acceptors (Lipinski definition) is 3. The highest BCUT2D eigenvalue weighted by Crippen LogP contribution is 2.13. The summed E-state index contributed by atoms with van der Waals surface area (Å²) in [4.78, 5) is 12.0. The molecular formula is C16H14N2OS. The van der Waals surface area contributed by atoms with Gasteiger partial charge in [0.25, 0.3) is 0 Å². The Morgan fingerprint density at radius 3 is 2.65 bits per heavy atom. The smallest absolute Gasteiger partial charge is 0.237 e. The third kappa shape index (κ3) is 3.87. The zero-order chi connectivity index (χ0) is 14.4. The van der Waals surface area contributed by atoms with Gasteiger partial charge in [-0.2, -0.15) is 17.9 Å². The van der Waals surface area contributed by atoms with Gasteiger partial charge in [0, 0.05) is 5.69 Å². The molecule has 0 aromatic heterocycles. The number of nitrogens with one attached hydrogen (secondary N) is 1. The number of anilines is 1. The first-order valence-electron chi connectivity index (χ1n) is 6.22. The van der Waals surface area contributed by atoms with E-state index in [1.165, 1.54) is 0 Å². The minimum atomic E-state index is -0.428. The Balaban J connectivity index is 1.99. The van der Waals surface area contributed by atoms with Gasteiger partial charge >= 0.3 is 0 Å². The van der Waals surface area contributed by atoms with Gasteiger partial charge in [-0.3, -0.25) is 4.79 Å². The molecule has 0 spiro atoms. The lowest BCUT2D eigenvalue weighted by Gasteiger charge is -2.11. The van der Waals surface area contributed by atoms with E-state index in [-0.39, 0.29) is 5.91 Å². The number of carbonyl (C=O) groups is 1. The molecule has 0 aliphatic rings. The van der Waals surface area contributed by atoms with Crippen molar-refractivity contribution in [2.75, 3.05) is 5.32 Å². The van der Waals surface area contributed by atoms with Gasteiger partial charge in [-0.15, -0.1) is 0 Å². The lowest BCUT2D eigenvalue weighted by Crippen LogP contribution is -2.25. The molecule has 1 amide bonds. The first-order chi connectivity index (χ1) is 9.69. The normalized spacial score (nSPS) is 11.4. The molecule has 2 aromatic rings. The van der Waals surface area contributed by atoms with E-state index in [2.05, 4.69) is 17.9 Å². The summed E-state index contributed by atoms with van der Waals surface area (Å²) in [5.74, 6) is -0.174. The molecule has 0 saturated carbocycles. The van der Waals surface area contributed by atoms with Crippen LogP contribution in [-0.2, 0) is 11.2 Å². The van der Waals surface area contributed by atoms with Crippen molar-refractivity contribution in [1.29, 1.82) is 5.26 Å². The summed E-state index contributed by atoms with van der Waals surface area (Å²) in [5.41, 5.74) is 2.19. The maximum atomic E-state index is 12.0. The lowest BCUT2D eigenvalue weighted by molar-refractivity contribution is -0.115. The minimum absolute atomic E-state index is 0.174. The Labute approximate surface area is 123 Å². The van der Waals surface area contributed by atoms with Crippen LogP contribution in [0.4, 0.5) is 5.69 Å². The van der Waals surface area contributed by atoms with Gasteiger partial charge in [-0.25, -0.2) is 0 Å². The van der Waals surface area contributed by atoms with E-state index in [9.17, 15) is 4.79 Å². The zero-order valence-electron chi connectivity index (χ0n) is 10.8. The molecular weight excluding hydrogens is 268 g/mol. The number of nitrogens with zero attached hydrogens (tertiary/aromatic N) is 1. The Morgan fingerprint density at radius 1 is 1.20 bits per heavy atom. The molecule has 0 aliphatic heterocycles. The van der Waals surface area contributed by atoms with Gasteiger partial charge in [0.15, 0.2) is 0 Å². The Hall–Kier alpha value is -2.25. The molecule has 0 bridgehead atoms. The van der Waals surface area contributed by atoms with Crippen molar-refractivity contribution in [2.45, 2.75) is 11.7 Å². The van der Waals surface area contributed by atoms with E-state index in [1.54, 1.807) is 24.3 Å². The Morgan fingerprint density at radius 2 is 1.95 bits per heavy atom. The molecule has 2 rings (SSSR count). The fraction of sp³-hybridized carbons (Fsp3) is 0.125. The number of benzene rings is 2. The topological polar surface area (TPSA) is 52.9 Å². The van der Waals surface area contributed by atoms with Crippen LogP contribution in [0, 0.1) is 11.3 Å². The van der Waals surface area contributed by atoms with E-state index in [0.717, 1.165) is 5.56 Å². The van der Waals surface area contributed by atoms with E-state index < -0.39 is 5.25 Å². The van der Waals surface area contributed by atoms with E-state index in [4.69, 9.17) is 5.26 Å². The van der Waals surface area contributed by atoms with E-state index >= 15 is 0 Å². The highest BCUT2D eigenvalue weighted by molar-refractivity contribution is 7.81. The lowest BCUT2D eigenvalue weighted by atomic mass is 10.1. The van der Waals surface area contributed by atoms with Crippen molar-refractivity contribution in [3.8, 4) is 6.07 Å². The van der Waals surface area contributed by atoms with Crippen molar-refractivity contribution in [3.05, 3.63) is 65.7 Å². The molecule has 100 valence electrons. The first-order valence-corrected chi connectivity index (χ1v) is 6.73. The Kier molecular flexibility index (Phi) is 4.80. The molecule has 3 nitrogen and oxygen atoms in total. The average molecular weight is 282 g/mol. The molecule has 1 N–H and O–H groups in total. The van der Waals surface area contributed by atoms with Gasteiger partial charge in [-0.1, -0.05) is 36.4 Å². The van der Waals surface area contributed by atoms with Crippen LogP contribution >= 0.6 is 12.6 Å². The highest BCUT2D eigenvalue weighted by Gasteiger charge is 2.14. The monoisotopic (exact) mass is 282 g/mol. The SMILES string of the molecule is N#Cc1cccc(NC(=O)C(S)Cc2ccccc2)c1. The van der Waals surface area contributed by atoms with Crippen LogP contribution in [0.5, 0.6) is 0 Å². The molecule has 0 fully saturated rings. The van der Waals surface area contributed by atoms with Crippen molar-refractivity contribution in [2.24, 2.45) is 0 Å². The summed E-state index contributed by atoms with van der Waals surface area (Å²) in [6, 6.07) is 18.6. The predicted octanol–water partition coefficient (Wildman–Crippen LogP) is 3.04. The van der Waals surface area contributed by atoms with Crippen LogP contribution in [0.3, 0.4) is 0 Å². The number of rotatable bonds is 4. The number of thiol groups is 1. The van der Waals surface area contributed by atoms with Gasteiger partial charge in [-0.05, 0) is 30.2 Å². The van der Waals surface area contributed by atoms with E-state index in [1.807, 2.05) is 36.4 Å². The molecule has 0 radical (unpaired) electrons. The molecule has 20 heavy (non-hydrogen) atoms. The molecule has 4 heteroatoms. The maximum Gasteiger partial charge on any atom is 0.237 e. The molecule has 1 atom stereocenters. The molecule has 0 saturated heterocycles. The molecule has 1 unspecified atom stereocenters. The minimum Gasteiger partial charge on any atom is -0.325 e. The van der Waals surface area contributed by atoms with Gasteiger partial charge in [0.05, 0.1) is 16.9 Å². The predicted molar refractivity (Wildman–Crippen MR) is 82.7 cm³/mol. The maximum absolute atomic E-state index is 12.0. The van der Waals surface area contributed by atoms with Crippen LogP contribution in [0.25, 0.3) is 0 Å². The van der Waals surface area contributed by atoms with Crippen LogP contribution in [0.15, 0.2) is 54.6 Å². The largest absolute Gasteiger partial charge is 0.325 e. The summed E-state index contributed by atoms with van der Waals surface area (Å²) in [5, 5.41) is 11.2. The molecule has 0 heterocycles. The summed E-state index contributed by atoms with van der Waals surface area (Å²) in [7, 11) is 0. The second-order valence-corrected chi connectivity index (χ2v) is 5.01. The fourth-order valence-electron chi connectivity index (χ4n) is 1.82. The van der Waals surface area contributed by atoms with Crippen LogP contribution in [-0.4, -0.2) is 11.2 Å². The number of nitriles is 1. The summed E-state index contributed by atoms with van der Waals surface area (Å²) >= 11 is 4.34. The number of carbonyl (C=O) groups excluding carboxylic acids is 1. The third-order valence-electron chi connectivity index (χ3n) is 2.83. The quantitative estimate of drug-likeness (QED) is 0.847. The standard InChI is InChI=1S/C16H14N2OS/c17-11-13-7-4-8-14(9-13)18-16(19)15(20)10-12-5-2-1-3-6-12/h1-9,15,20H,10H2,(H,18,19). The van der Waals surface area contributed by atoms with Gasteiger partial charge in [0.2, 0.25) is 5.91 Å². The van der Waals surface area contributed by atoms with Crippen LogP contribution < -0.4 is 5.32 Å². The molecule has 0 aliphatic carbocycles. The average Bonchev–Trinajstić information content (AvgIpc) is 2.48. The van der Waals surface area contributed by atoms with Crippen molar-refractivity contribution in [1.82, 2.24) is 0 Å². The zero-order valence-corrected chi connectivity index (χ0v) is 11.7. The van der Waals surface area contributed by atoms with Gasteiger partial charge < -0.3 is 5.32 Å². The first kappa shape index (κ1) is 14.2. The number of amides is 1. The summed E-state index contributed by atoms with van der Waals surface area (Å²) < 4.78 is 0. The number of hydrogen-bond donors (Lipinski definition) is 2. The fourth-order valence-corrected chi connectivity index (χ4v) is 2.10. The Bertz CT molecular complexity index is 634. The molecule has 2 aromatic carbocycles. The van der Waals surface area contributed by atoms with Crippen molar-refractivity contribution in [3.63, 3.8) is 0 Å². The van der Waals surface area contributed by atoms with Gasteiger partial charge in [0.1, 0.15) is 0 Å². The van der Waals surface area contributed by atoms with E-state index in [0.29, 0.717) is 17.7 Å². The van der Waals surface area contributed by atoms with Crippen LogP contribution in [0.1, 0.15) is 11.1 Å². The third-order valence-corrected chi connectivity index (χ3v) is 3.25. The van der Waals surface area contributed by atoms with Crippen molar-refractivity contribution >= 4 is 24.2 Å². The highest BCUT2D eigenvalue weighted by atomic mass is 32.1. The summed E-state index contributed by atoms with van der Waals surface area (Å²) in [6.07, 6.45) is 0.563. The van der Waals surface area contributed by atoms with Crippen molar-refractivity contribution < 1.29 is 4.79 Å². The second-order valence-electron chi connectivity index (χ2n) is 4.39. The van der Waals surface area contributed by atoms with Crippen LogP contribution in [0.2, 0.25) is 0 Å². The second kappa shape index (κ2) is 6.78. The summed E-state index contributed by atoms with van der Waals surface area (Å²) in [6.45, 7) is 0.